The van der Waals surface area contributed by atoms with Gasteiger partial charge in [0, 0.05) is 13.1 Å². The normalized spacial score (nSPS) is 24.2. The number of hydrogen-bond donors (Lipinski definition) is 1. The van der Waals surface area contributed by atoms with Crippen LogP contribution in [0.15, 0.2) is 0 Å². The highest BCUT2D eigenvalue weighted by atomic mass is 32.2. The lowest BCUT2D eigenvalue weighted by molar-refractivity contribution is 0.157. The molecule has 0 aromatic carbocycles. The van der Waals surface area contributed by atoms with Gasteiger partial charge in [0.05, 0.1) is 6.10 Å². The zero-order chi connectivity index (χ0) is 9.68. The molecule has 0 aromatic heterocycles. The summed E-state index contributed by atoms with van der Waals surface area (Å²) in [7, 11) is 0. The van der Waals surface area contributed by atoms with Gasteiger partial charge in [-0.05, 0) is 25.0 Å². The average molecular weight is 203 g/mol. The quantitative estimate of drug-likeness (QED) is 0.705. The van der Waals surface area contributed by atoms with E-state index in [1.807, 2.05) is 11.8 Å². The molecule has 1 aliphatic rings. The Kier molecular flexibility index (Phi) is 4.59. The monoisotopic (exact) mass is 203 g/mol. The topological polar surface area (TPSA) is 40.5 Å². The van der Waals surface area contributed by atoms with Crippen LogP contribution in [-0.2, 0) is 0 Å². The van der Waals surface area contributed by atoms with Crippen molar-refractivity contribution in [3.63, 3.8) is 0 Å². The van der Waals surface area contributed by atoms with E-state index in [-0.39, 0.29) is 11.3 Å². The van der Waals surface area contributed by atoms with E-state index in [0.717, 1.165) is 31.6 Å². The summed E-state index contributed by atoms with van der Waals surface area (Å²) in [4.78, 5) is 13.3. The summed E-state index contributed by atoms with van der Waals surface area (Å²) in [5.74, 6) is 0.831. The molecule has 1 aliphatic heterocycles. The fourth-order valence-electron chi connectivity index (χ4n) is 1.48. The van der Waals surface area contributed by atoms with Crippen LogP contribution in [0.2, 0.25) is 0 Å². The molecule has 0 radical (unpaired) electrons. The second-order valence-corrected chi connectivity index (χ2v) is 4.49. The Labute approximate surface area is 83.5 Å². The smallest absolute Gasteiger partial charge is 0.281 e. The van der Waals surface area contributed by atoms with Gasteiger partial charge in [-0.15, -0.1) is 0 Å². The Morgan fingerprint density at radius 1 is 1.54 bits per heavy atom. The summed E-state index contributed by atoms with van der Waals surface area (Å²) in [6.07, 6.45) is 2.29. The summed E-state index contributed by atoms with van der Waals surface area (Å²) in [5, 5.41) is 9.54. The molecule has 1 amide bonds. The Morgan fingerprint density at radius 3 is 3.00 bits per heavy atom. The van der Waals surface area contributed by atoms with E-state index < -0.39 is 0 Å². The number of aliphatic hydroxyl groups excluding tert-OH is 1. The minimum atomic E-state index is -0.204. The summed E-state index contributed by atoms with van der Waals surface area (Å²) in [5.41, 5.74) is 0. The van der Waals surface area contributed by atoms with Gasteiger partial charge in [0.25, 0.3) is 5.24 Å². The van der Waals surface area contributed by atoms with Gasteiger partial charge in [-0.2, -0.15) is 0 Å². The van der Waals surface area contributed by atoms with Gasteiger partial charge in [0.15, 0.2) is 0 Å². The third kappa shape index (κ3) is 3.56. The number of carbonyl (C=O) groups excluding carboxylic acids is 1. The third-order valence-corrected chi connectivity index (χ3v) is 3.02. The molecule has 0 aliphatic carbocycles. The standard InChI is InChI=1S/C9H17NO2S/c1-2-13-9(12)10-6-3-4-8(11)5-7-10/h8,11H,2-7H2,1H3. The molecule has 76 valence electrons. The van der Waals surface area contributed by atoms with Gasteiger partial charge in [-0.1, -0.05) is 18.7 Å². The number of thioether (sulfide) groups is 1. The van der Waals surface area contributed by atoms with Crippen molar-refractivity contribution in [1.82, 2.24) is 4.90 Å². The molecule has 1 rings (SSSR count). The minimum Gasteiger partial charge on any atom is -0.393 e. The molecule has 1 fully saturated rings. The third-order valence-electron chi connectivity index (χ3n) is 2.22. The van der Waals surface area contributed by atoms with E-state index in [4.69, 9.17) is 0 Å². The number of hydrogen-bond acceptors (Lipinski definition) is 3. The Hall–Kier alpha value is -0.220. The molecular formula is C9H17NO2S. The maximum Gasteiger partial charge on any atom is 0.281 e. The lowest BCUT2D eigenvalue weighted by Gasteiger charge is -2.18. The maximum atomic E-state index is 11.5. The fraction of sp³-hybridized carbons (Fsp3) is 0.889. The van der Waals surface area contributed by atoms with E-state index in [1.54, 1.807) is 0 Å². The van der Waals surface area contributed by atoms with Gasteiger partial charge in [-0.25, -0.2) is 0 Å². The van der Waals surface area contributed by atoms with Crippen molar-refractivity contribution in [3.8, 4) is 0 Å². The summed E-state index contributed by atoms with van der Waals surface area (Å²) >= 11 is 1.35. The van der Waals surface area contributed by atoms with E-state index >= 15 is 0 Å². The molecule has 0 bridgehead atoms. The molecule has 1 N–H and O–H groups in total. The molecule has 1 saturated heterocycles. The summed E-state index contributed by atoms with van der Waals surface area (Å²) < 4.78 is 0. The highest BCUT2D eigenvalue weighted by Gasteiger charge is 2.18. The van der Waals surface area contributed by atoms with Crippen molar-refractivity contribution in [2.45, 2.75) is 32.3 Å². The summed E-state index contributed by atoms with van der Waals surface area (Å²) in [6, 6.07) is 0. The highest BCUT2D eigenvalue weighted by molar-refractivity contribution is 8.13. The molecule has 0 spiro atoms. The fourth-order valence-corrected chi connectivity index (χ4v) is 2.09. The predicted octanol–water partition coefficient (Wildman–Crippen LogP) is 1.71. The molecule has 0 saturated carbocycles. The van der Waals surface area contributed by atoms with E-state index in [2.05, 4.69) is 0 Å². The first-order chi connectivity index (χ1) is 6.24. The number of carbonyl (C=O) groups is 1. The Bertz CT molecular complexity index is 175. The van der Waals surface area contributed by atoms with E-state index in [0.29, 0.717) is 6.54 Å². The predicted molar refractivity (Wildman–Crippen MR) is 55.0 cm³/mol. The number of nitrogens with zero attached hydrogens (tertiary/aromatic N) is 1. The molecule has 3 nitrogen and oxygen atoms in total. The second kappa shape index (κ2) is 5.50. The van der Waals surface area contributed by atoms with Crippen LogP contribution in [0.4, 0.5) is 4.79 Å². The molecule has 13 heavy (non-hydrogen) atoms. The highest BCUT2D eigenvalue weighted by Crippen LogP contribution is 2.15. The van der Waals surface area contributed by atoms with Crippen molar-refractivity contribution in [1.29, 1.82) is 0 Å². The second-order valence-electron chi connectivity index (χ2n) is 3.27. The SMILES string of the molecule is CCSC(=O)N1CCCC(O)CC1. The number of amides is 1. The van der Waals surface area contributed by atoms with Crippen LogP contribution < -0.4 is 0 Å². The van der Waals surface area contributed by atoms with Crippen molar-refractivity contribution in [2.75, 3.05) is 18.8 Å². The zero-order valence-electron chi connectivity index (χ0n) is 8.03. The molecule has 1 atom stereocenters. The zero-order valence-corrected chi connectivity index (χ0v) is 8.85. The Morgan fingerprint density at radius 2 is 2.31 bits per heavy atom. The van der Waals surface area contributed by atoms with Crippen LogP contribution in [0.1, 0.15) is 26.2 Å². The van der Waals surface area contributed by atoms with Crippen LogP contribution >= 0.6 is 11.8 Å². The average Bonchev–Trinajstić information content (AvgIpc) is 2.30. The van der Waals surface area contributed by atoms with Crippen molar-refractivity contribution in [2.24, 2.45) is 0 Å². The van der Waals surface area contributed by atoms with Crippen LogP contribution in [0.25, 0.3) is 0 Å². The molecule has 1 unspecified atom stereocenters. The van der Waals surface area contributed by atoms with Gasteiger partial charge in [-0.3, -0.25) is 4.79 Å². The van der Waals surface area contributed by atoms with Gasteiger partial charge < -0.3 is 10.0 Å². The molecule has 4 heteroatoms. The van der Waals surface area contributed by atoms with E-state index in [1.165, 1.54) is 11.8 Å². The molecule has 0 aromatic rings. The number of aliphatic hydroxyl groups is 1. The number of rotatable bonds is 1. The van der Waals surface area contributed by atoms with Crippen LogP contribution in [0.3, 0.4) is 0 Å². The van der Waals surface area contributed by atoms with Crippen molar-refractivity contribution >= 4 is 17.0 Å². The van der Waals surface area contributed by atoms with Crippen molar-refractivity contribution in [3.05, 3.63) is 0 Å². The van der Waals surface area contributed by atoms with Gasteiger partial charge in [0.1, 0.15) is 0 Å². The first-order valence-corrected chi connectivity index (χ1v) is 5.82. The minimum absolute atomic E-state index is 0.164. The molecular weight excluding hydrogens is 186 g/mol. The largest absolute Gasteiger partial charge is 0.393 e. The Balaban J connectivity index is 2.37. The number of likely N-dealkylation sites (tertiary alicyclic amines) is 1. The van der Waals surface area contributed by atoms with Crippen molar-refractivity contribution < 1.29 is 9.90 Å². The van der Waals surface area contributed by atoms with Crippen LogP contribution in [0, 0.1) is 0 Å². The lowest BCUT2D eigenvalue weighted by atomic mass is 10.2. The summed E-state index contributed by atoms with van der Waals surface area (Å²) in [6.45, 7) is 3.51. The van der Waals surface area contributed by atoms with Crippen LogP contribution in [-0.4, -0.2) is 40.2 Å². The van der Waals surface area contributed by atoms with Gasteiger partial charge in [0.2, 0.25) is 0 Å². The maximum absolute atomic E-state index is 11.5. The van der Waals surface area contributed by atoms with Crippen LogP contribution in [0.5, 0.6) is 0 Å². The van der Waals surface area contributed by atoms with E-state index in [9.17, 15) is 9.90 Å². The lowest BCUT2D eigenvalue weighted by Crippen LogP contribution is -2.29. The van der Waals surface area contributed by atoms with Gasteiger partial charge >= 0.3 is 0 Å². The first-order valence-electron chi connectivity index (χ1n) is 4.83. The molecule has 1 heterocycles. The first kappa shape index (κ1) is 10.9.